The van der Waals surface area contributed by atoms with Gasteiger partial charge >= 0.3 is 0 Å². The van der Waals surface area contributed by atoms with Crippen LogP contribution in [0.3, 0.4) is 0 Å². The molecule has 0 aliphatic heterocycles. The second kappa shape index (κ2) is 4.89. The van der Waals surface area contributed by atoms with Crippen LogP contribution in [0.15, 0.2) is 22.7 Å². The number of rotatable bonds is 4. The minimum Gasteiger partial charge on any atom is -0.398 e. The van der Waals surface area contributed by atoms with Gasteiger partial charge < -0.3 is 15.0 Å². The minimum atomic E-state index is -0.697. The SMILES string of the molecule is COC(C)(C)c1noc(-c2ccc([N+](=O)[O-])cc2N)n1. The van der Waals surface area contributed by atoms with Crippen molar-refractivity contribution in [3.8, 4) is 11.5 Å². The third kappa shape index (κ3) is 2.45. The number of nitrogens with two attached hydrogens (primary N) is 1. The fraction of sp³-hybridized carbons (Fsp3) is 0.333. The normalized spacial score (nSPS) is 11.6. The Morgan fingerprint density at radius 2 is 2.15 bits per heavy atom. The van der Waals surface area contributed by atoms with E-state index < -0.39 is 10.5 Å². The van der Waals surface area contributed by atoms with Crippen LogP contribution in [0.2, 0.25) is 0 Å². The Bertz CT molecular complexity index is 651. The minimum absolute atomic E-state index is 0.0942. The first kappa shape index (κ1) is 13.9. The van der Waals surface area contributed by atoms with E-state index in [1.807, 2.05) is 0 Å². The van der Waals surface area contributed by atoms with E-state index in [2.05, 4.69) is 10.1 Å². The summed E-state index contributed by atoms with van der Waals surface area (Å²) in [5.41, 5.74) is 5.63. The molecule has 106 valence electrons. The van der Waals surface area contributed by atoms with Crippen LogP contribution >= 0.6 is 0 Å². The third-order valence-electron chi connectivity index (χ3n) is 2.95. The van der Waals surface area contributed by atoms with Gasteiger partial charge in [0.15, 0.2) is 0 Å². The molecule has 0 aliphatic rings. The van der Waals surface area contributed by atoms with E-state index in [1.165, 1.54) is 25.3 Å². The number of non-ortho nitro benzene ring substituents is 1. The van der Waals surface area contributed by atoms with Crippen LogP contribution in [0, 0.1) is 10.1 Å². The molecule has 0 fully saturated rings. The lowest BCUT2D eigenvalue weighted by Gasteiger charge is -2.17. The number of ether oxygens (including phenoxy) is 1. The number of nitro benzene ring substituents is 1. The molecule has 1 aromatic heterocycles. The lowest BCUT2D eigenvalue weighted by molar-refractivity contribution is -0.384. The van der Waals surface area contributed by atoms with Gasteiger partial charge in [0.25, 0.3) is 11.6 Å². The van der Waals surface area contributed by atoms with E-state index in [1.54, 1.807) is 13.8 Å². The summed E-state index contributed by atoms with van der Waals surface area (Å²) in [5, 5.41) is 14.5. The summed E-state index contributed by atoms with van der Waals surface area (Å²) in [6, 6.07) is 4.06. The lowest BCUT2D eigenvalue weighted by Crippen LogP contribution is -2.21. The number of nitro groups is 1. The Morgan fingerprint density at radius 3 is 2.70 bits per heavy atom. The number of methoxy groups -OCH3 is 1. The van der Waals surface area contributed by atoms with Crippen LogP contribution in [-0.4, -0.2) is 22.2 Å². The number of nitrogens with zero attached hydrogens (tertiary/aromatic N) is 3. The number of hydrogen-bond acceptors (Lipinski definition) is 7. The predicted octanol–water partition coefficient (Wildman–Crippen LogP) is 2.11. The summed E-state index contributed by atoms with van der Waals surface area (Å²) in [4.78, 5) is 14.3. The van der Waals surface area contributed by atoms with Gasteiger partial charge in [-0.15, -0.1) is 0 Å². The predicted molar refractivity (Wildman–Crippen MR) is 70.8 cm³/mol. The summed E-state index contributed by atoms with van der Waals surface area (Å²) < 4.78 is 10.4. The first-order valence-electron chi connectivity index (χ1n) is 5.79. The van der Waals surface area contributed by atoms with Crippen molar-refractivity contribution >= 4 is 11.4 Å². The molecule has 2 N–H and O–H groups in total. The molecule has 20 heavy (non-hydrogen) atoms. The molecule has 8 nitrogen and oxygen atoms in total. The summed E-state index contributed by atoms with van der Waals surface area (Å²) in [6.07, 6.45) is 0. The fourth-order valence-corrected chi connectivity index (χ4v) is 1.53. The first-order chi connectivity index (χ1) is 9.35. The quantitative estimate of drug-likeness (QED) is 0.517. The van der Waals surface area contributed by atoms with E-state index in [0.717, 1.165) is 0 Å². The lowest BCUT2D eigenvalue weighted by atomic mass is 10.1. The summed E-state index contributed by atoms with van der Waals surface area (Å²) >= 11 is 0. The smallest absolute Gasteiger partial charge is 0.271 e. The van der Waals surface area contributed by atoms with Crippen molar-refractivity contribution in [2.24, 2.45) is 0 Å². The summed E-state index contributed by atoms with van der Waals surface area (Å²) in [6.45, 7) is 3.58. The van der Waals surface area contributed by atoms with Crippen molar-refractivity contribution < 1.29 is 14.2 Å². The van der Waals surface area contributed by atoms with E-state index in [9.17, 15) is 10.1 Å². The fourth-order valence-electron chi connectivity index (χ4n) is 1.53. The second-order valence-corrected chi connectivity index (χ2v) is 4.67. The molecule has 1 aromatic carbocycles. The molecule has 0 aliphatic carbocycles. The second-order valence-electron chi connectivity index (χ2n) is 4.67. The molecule has 0 radical (unpaired) electrons. The molecule has 8 heteroatoms. The van der Waals surface area contributed by atoms with Crippen molar-refractivity contribution in [1.82, 2.24) is 10.1 Å². The van der Waals surface area contributed by atoms with E-state index in [4.69, 9.17) is 15.0 Å². The van der Waals surface area contributed by atoms with Gasteiger partial charge in [0.2, 0.25) is 5.82 Å². The maximum Gasteiger partial charge on any atom is 0.271 e. The van der Waals surface area contributed by atoms with Crippen LogP contribution in [0.5, 0.6) is 0 Å². The van der Waals surface area contributed by atoms with Gasteiger partial charge in [0, 0.05) is 19.2 Å². The zero-order valence-corrected chi connectivity index (χ0v) is 11.3. The molecule has 0 atom stereocenters. The highest BCUT2D eigenvalue weighted by atomic mass is 16.6. The molecule has 0 amide bonds. The number of hydrogen-bond donors (Lipinski definition) is 1. The van der Waals surface area contributed by atoms with Gasteiger partial charge in [0.1, 0.15) is 5.60 Å². The van der Waals surface area contributed by atoms with Gasteiger partial charge in [-0.1, -0.05) is 5.16 Å². The van der Waals surface area contributed by atoms with Crippen molar-refractivity contribution in [2.75, 3.05) is 12.8 Å². The molecule has 0 saturated heterocycles. The molecule has 2 aromatic rings. The Morgan fingerprint density at radius 1 is 1.45 bits per heavy atom. The average molecular weight is 278 g/mol. The van der Waals surface area contributed by atoms with E-state index >= 15 is 0 Å². The van der Waals surface area contributed by atoms with Crippen LogP contribution in [-0.2, 0) is 10.3 Å². The standard InChI is InChI=1S/C12H14N4O4/c1-12(2,19-3)11-14-10(20-15-11)8-5-4-7(16(17)18)6-9(8)13/h4-6H,13H2,1-3H3. The molecular weight excluding hydrogens is 264 g/mol. The van der Waals surface area contributed by atoms with Crippen LogP contribution in [0.25, 0.3) is 11.5 Å². The molecule has 0 spiro atoms. The molecule has 0 saturated carbocycles. The number of benzene rings is 1. The van der Waals surface area contributed by atoms with Gasteiger partial charge in [-0.3, -0.25) is 10.1 Å². The maximum absolute atomic E-state index is 10.7. The average Bonchev–Trinajstić information content (AvgIpc) is 2.88. The van der Waals surface area contributed by atoms with Crippen LogP contribution in [0.4, 0.5) is 11.4 Å². The van der Waals surface area contributed by atoms with Crippen molar-refractivity contribution in [3.63, 3.8) is 0 Å². The first-order valence-corrected chi connectivity index (χ1v) is 5.79. The van der Waals surface area contributed by atoms with Crippen molar-refractivity contribution in [1.29, 1.82) is 0 Å². The Balaban J connectivity index is 2.40. The monoisotopic (exact) mass is 278 g/mol. The topological polar surface area (TPSA) is 117 Å². The highest BCUT2D eigenvalue weighted by Crippen LogP contribution is 2.30. The maximum atomic E-state index is 10.7. The van der Waals surface area contributed by atoms with Crippen LogP contribution in [0.1, 0.15) is 19.7 Å². The van der Waals surface area contributed by atoms with Gasteiger partial charge in [-0.25, -0.2) is 0 Å². The van der Waals surface area contributed by atoms with Crippen molar-refractivity contribution in [2.45, 2.75) is 19.4 Å². The summed E-state index contributed by atoms with van der Waals surface area (Å²) in [7, 11) is 1.54. The number of anilines is 1. The van der Waals surface area contributed by atoms with Gasteiger partial charge in [0.05, 0.1) is 16.2 Å². The van der Waals surface area contributed by atoms with Crippen LogP contribution < -0.4 is 5.73 Å². The Labute approximate surface area is 114 Å². The number of nitrogen functional groups attached to an aromatic ring is 1. The molecule has 0 unspecified atom stereocenters. The van der Waals surface area contributed by atoms with Gasteiger partial charge in [-0.05, 0) is 19.9 Å². The zero-order chi connectivity index (χ0) is 14.9. The van der Waals surface area contributed by atoms with E-state index in [0.29, 0.717) is 11.4 Å². The molecule has 1 heterocycles. The molecular formula is C12H14N4O4. The molecule has 0 bridgehead atoms. The Hall–Kier alpha value is -2.48. The number of aromatic nitrogens is 2. The van der Waals surface area contributed by atoms with Crippen molar-refractivity contribution in [3.05, 3.63) is 34.1 Å². The zero-order valence-electron chi connectivity index (χ0n) is 11.3. The van der Waals surface area contributed by atoms with E-state index in [-0.39, 0.29) is 17.3 Å². The van der Waals surface area contributed by atoms with Gasteiger partial charge in [-0.2, -0.15) is 4.98 Å². The highest BCUT2D eigenvalue weighted by Gasteiger charge is 2.27. The molecule has 2 rings (SSSR count). The summed E-state index contributed by atoms with van der Waals surface area (Å²) in [5.74, 6) is 0.560. The Kier molecular flexibility index (Phi) is 3.41. The highest BCUT2D eigenvalue weighted by molar-refractivity contribution is 5.72. The third-order valence-corrected chi connectivity index (χ3v) is 2.95. The largest absolute Gasteiger partial charge is 0.398 e.